The Balaban J connectivity index is 1.86. The van der Waals surface area contributed by atoms with Crippen LogP contribution in [0.25, 0.3) is 11.3 Å². The van der Waals surface area contributed by atoms with Gasteiger partial charge in [-0.3, -0.25) is 4.72 Å². The van der Waals surface area contributed by atoms with Gasteiger partial charge in [0.25, 0.3) is 0 Å². The maximum absolute atomic E-state index is 14.5. The van der Waals surface area contributed by atoms with Crippen LogP contribution in [0.5, 0.6) is 11.8 Å². The second-order valence-corrected chi connectivity index (χ2v) is 9.18. The highest BCUT2D eigenvalue weighted by Crippen LogP contribution is 2.32. The maximum Gasteiger partial charge on any atom is 0.404 e. The van der Waals surface area contributed by atoms with Crippen molar-refractivity contribution in [2.75, 3.05) is 17.6 Å². The molecule has 13 heteroatoms. The van der Waals surface area contributed by atoms with Crippen molar-refractivity contribution in [1.82, 2.24) is 9.97 Å². The van der Waals surface area contributed by atoms with Gasteiger partial charge in [0, 0.05) is 23.7 Å². The maximum atomic E-state index is 14.5. The first-order valence-corrected chi connectivity index (χ1v) is 11.5. The quantitative estimate of drug-likeness (QED) is 0.585. The van der Waals surface area contributed by atoms with E-state index < -0.39 is 33.5 Å². The van der Waals surface area contributed by atoms with Crippen molar-refractivity contribution in [1.29, 1.82) is 5.26 Å². The molecule has 0 atom stereocenters. The number of nitrogens with one attached hydrogen (secondary N) is 1. The first kappa shape index (κ1) is 24.5. The summed E-state index contributed by atoms with van der Waals surface area (Å²) in [6, 6.07) is 5.74. The molecule has 0 saturated heterocycles. The molecule has 1 aliphatic carbocycles. The van der Waals surface area contributed by atoms with Crippen LogP contribution < -0.4 is 14.2 Å². The predicted octanol–water partition coefficient (Wildman–Crippen LogP) is 4.06. The number of hydrogen-bond donors (Lipinski definition) is 1. The number of nitriles is 1. The molecule has 178 valence electrons. The van der Waals surface area contributed by atoms with Gasteiger partial charge >= 0.3 is 6.18 Å². The molecule has 8 nitrogen and oxygen atoms in total. The topological polar surface area (TPSA) is 114 Å². The summed E-state index contributed by atoms with van der Waals surface area (Å²) >= 11 is 0. The van der Waals surface area contributed by atoms with Crippen LogP contribution >= 0.6 is 0 Å². The van der Waals surface area contributed by atoms with Crippen LogP contribution in [0.2, 0.25) is 0 Å². The summed E-state index contributed by atoms with van der Waals surface area (Å²) in [5.74, 6) is -3.09. The van der Waals surface area contributed by atoms with E-state index in [9.17, 15) is 26.0 Å². The highest BCUT2D eigenvalue weighted by molar-refractivity contribution is 7.92. The van der Waals surface area contributed by atoms with E-state index in [0.29, 0.717) is 25.7 Å². The van der Waals surface area contributed by atoms with Gasteiger partial charge in [-0.1, -0.05) is 0 Å². The van der Waals surface area contributed by atoms with Crippen LogP contribution in [0.15, 0.2) is 24.4 Å². The predicted molar refractivity (Wildman–Crippen MR) is 109 cm³/mol. The number of ether oxygens (including phenoxy) is 2. The number of aromatic nitrogens is 2. The van der Waals surface area contributed by atoms with Crippen molar-refractivity contribution in [3.8, 4) is 29.1 Å². The van der Waals surface area contributed by atoms with Crippen molar-refractivity contribution < 1.29 is 35.5 Å². The van der Waals surface area contributed by atoms with E-state index in [4.69, 9.17) is 14.7 Å². The Hall–Kier alpha value is -3.14. The fourth-order valence-electron chi connectivity index (χ4n) is 3.41. The summed E-state index contributed by atoms with van der Waals surface area (Å²) in [6.07, 6.45) is -1.37. The molecule has 1 N–H and O–H groups in total. The third-order valence-electron chi connectivity index (χ3n) is 4.90. The lowest BCUT2D eigenvalue weighted by Crippen LogP contribution is -2.28. The van der Waals surface area contributed by atoms with Crippen molar-refractivity contribution >= 4 is 15.7 Å². The van der Waals surface area contributed by atoms with Crippen molar-refractivity contribution in [3.05, 3.63) is 30.2 Å². The number of alkyl halides is 3. The number of pyridine rings is 2. The molecule has 1 fully saturated rings. The summed E-state index contributed by atoms with van der Waals surface area (Å²) in [5.41, 5.74) is -0.636. The Morgan fingerprint density at radius 3 is 2.55 bits per heavy atom. The third-order valence-corrected chi connectivity index (χ3v) is 6.14. The van der Waals surface area contributed by atoms with E-state index in [1.54, 1.807) is 4.72 Å². The van der Waals surface area contributed by atoms with E-state index >= 15 is 0 Å². The molecule has 0 amide bonds. The molecular formula is C20H20F4N4O4S. The molecular weight excluding hydrogens is 468 g/mol. The van der Waals surface area contributed by atoms with Gasteiger partial charge in [-0.05, 0) is 37.8 Å². The lowest BCUT2D eigenvalue weighted by molar-refractivity contribution is -0.106. The molecule has 33 heavy (non-hydrogen) atoms. The Kier molecular flexibility index (Phi) is 7.26. The molecule has 1 aliphatic rings. The Bertz CT molecular complexity index is 1140. The minimum Gasteiger partial charge on any atom is -0.480 e. The molecule has 0 aliphatic heterocycles. The molecule has 2 aromatic heterocycles. The number of halogens is 4. The Morgan fingerprint density at radius 1 is 1.24 bits per heavy atom. The summed E-state index contributed by atoms with van der Waals surface area (Å²) in [7, 11) is -3.67. The monoisotopic (exact) mass is 488 g/mol. The van der Waals surface area contributed by atoms with E-state index in [0.717, 1.165) is 25.4 Å². The number of anilines is 1. The molecule has 0 radical (unpaired) electrons. The van der Waals surface area contributed by atoms with Crippen molar-refractivity contribution in [2.24, 2.45) is 5.92 Å². The molecule has 0 aromatic carbocycles. The zero-order valence-corrected chi connectivity index (χ0v) is 18.2. The van der Waals surface area contributed by atoms with Crippen LogP contribution in [-0.4, -0.2) is 43.5 Å². The summed E-state index contributed by atoms with van der Waals surface area (Å²) < 4.78 is 88.4. The smallest absolute Gasteiger partial charge is 0.404 e. The Morgan fingerprint density at radius 2 is 1.94 bits per heavy atom. The highest BCUT2D eigenvalue weighted by atomic mass is 32.2. The van der Waals surface area contributed by atoms with Crippen LogP contribution in [0.1, 0.15) is 25.7 Å². The van der Waals surface area contributed by atoms with Crippen molar-refractivity contribution in [2.45, 2.75) is 38.0 Å². The lowest BCUT2D eigenvalue weighted by atomic mass is 9.88. The van der Waals surface area contributed by atoms with Gasteiger partial charge in [-0.2, -0.15) is 18.4 Å². The first-order valence-electron chi connectivity index (χ1n) is 9.84. The van der Waals surface area contributed by atoms with Gasteiger partial charge in [0.05, 0.1) is 13.2 Å². The number of methoxy groups -OCH3 is 1. The molecule has 0 spiro atoms. The molecule has 3 rings (SSSR count). The fourth-order valence-corrected chi connectivity index (χ4v) is 4.39. The van der Waals surface area contributed by atoms with Gasteiger partial charge in [0.1, 0.15) is 23.3 Å². The van der Waals surface area contributed by atoms with Gasteiger partial charge in [-0.25, -0.2) is 22.8 Å². The van der Waals surface area contributed by atoms with Crippen molar-refractivity contribution in [3.63, 3.8) is 0 Å². The fraction of sp³-hybridized carbons (Fsp3) is 0.450. The van der Waals surface area contributed by atoms with Gasteiger partial charge in [0.15, 0.2) is 5.75 Å². The highest BCUT2D eigenvalue weighted by Gasteiger charge is 2.35. The van der Waals surface area contributed by atoms with Crippen LogP contribution in [0, 0.1) is 23.1 Å². The molecule has 2 aromatic rings. The normalized spacial score (nSPS) is 18.9. The van der Waals surface area contributed by atoms with E-state index in [-0.39, 0.29) is 35.0 Å². The third kappa shape index (κ3) is 6.67. The number of hydrogen-bond acceptors (Lipinski definition) is 7. The SMILES string of the molecule is COc1ncc(-c2nc(OC3CCC(C#N)CC3)ccc2F)cc1NS(=O)(=O)CC(F)(F)F. The number of sulfonamides is 1. The second-order valence-electron chi connectivity index (χ2n) is 7.46. The second kappa shape index (κ2) is 9.78. The zero-order chi connectivity index (χ0) is 24.2. The largest absolute Gasteiger partial charge is 0.480 e. The lowest BCUT2D eigenvalue weighted by Gasteiger charge is -2.25. The van der Waals surface area contributed by atoms with Crippen LogP contribution in [-0.2, 0) is 10.0 Å². The number of nitrogens with zero attached hydrogens (tertiary/aromatic N) is 3. The average molecular weight is 488 g/mol. The Labute approximate surface area is 187 Å². The summed E-state index contributed by atoms with van der Waals surface area (Å²) in [6.45, 7) is 0. The molecule has 0 bridgehead atoms. The average Bonchev–Trinajstić information content (AvgIpc) is 2.73. The van der Waals surface area contributed by atoms with Gasteiger partial charge < -0.3 is 9.47 Å². The standard InChI is InChI=1S/C20H20F4N4O4S/c1-31-19-16(28-33(29,30)11-20(22,23)24)8-13(10-26-19)18-15(21)6-7-17(27-18)32-14-4-2-12(9-25)3-5-14/h6-8,10,12,14,28H,2-5,11H2,1H3. The van der Waals surface area contributed by atoms with Crippen LogP contribution in [0.4, 0.5) is 23.2 Å². The zero-order valence-electron chi connectivity index (χ0n) is 17.4. The van der Waals surface area contributed by atoms with E-state index in [1.165, 1.54) is 6.07 Å². The van der Waals surface area contributed by atoms with Gasteiger partial charge in [-0.15, -0.1) is 0 Å². The summed E-state index contributed by atoms with van der Waals surface area (Å²) in [5, 5.41) is 8.99. The number of rotatable bonds is 7. The summed E-state index contributed by atoms with van der Waals surface area (Å²) in [4.78, 5) is 7.98. The molecule has 1 saturated carbocycles. The van der Waals surface area contributed by atoms with Crippen LogP contribution in [0.3, 0.4) is 0 Å². The molecule has 2 heterocycles. The first-order chi connectivity index (χ1) is 15.5. The van der Waals surface area contributed by atoms with E-state index in [1.807, 2.05) is 0 Å². The van der Waals surface area contributed by atoms with E-state index in [2.05, 4.69) is 16.0 Å². The minimum atomic E-state index is -4.96. The minimum absolute atomic E-state index is 0.00310. The molecule has 0 unspecified atom stereocenters. The van der Waals surface area contributed by atoms with Gasteiger partial charge in [0.2, 0.25) is 21.8 Å².